The van der Waals surface area contributed by atoms with Crippen LogP contribution in [0.4, 0.5) is 5.69 Å². The van der Waals surface area contributed by atoms with E-state index in [0.717, 1.165) is 41.9 Å². The van der Waals surface area contributed by atoms with Crippen molar-refractivity contribution in [2.45, 2.75) is 32.0 Å². The average molecular weight is 496 g/mol. The zero-order valence-electron chi connectivity index (χ0n) is 20.1. The lowest BCUT2D eigenvalue weighted by molar-refractivity contribution is -0.384. The summed E-state index contributed by atoms with van der Waals surface area (Å²) in [5.74, 6) is 0.150. The SMILES string of the molecule is O=C1c2ccc([N+](=O)[O-])cc2C(=O)N1Cc1nc2ccccc2n1CN1CCC(c2ccccc2)CC1. The summed E-state index contributed by atoms with van der Waals surface area (Å²) < 4.78 is 2.07. The lowest BCUT2D eigenvalue weighted by Crippen LogP contribution is -2.36. The van der Waals surface area contributed by atoms with E-state index < -0.39 is 16.7 Å². The van der Waals surface area contributed by atoms with Gasteiger partial charge in [0.2, 0.25) is 0 Å². The summed E-state index contributed by atoms with van der Waals surface area (Å²) in [5, 5.41) is 11.2. The van der Waals surface area contributed by atoms with Crippen molar-refractivity contribution in [1.29, 1.82) is 0 Å². The maximum atomic E-state index is 13.1. The molecule has 1 fully saturated rings. The summed E-state index contributed by atoms with van der Waals surface area (Å²) in [6.07, 6.45) is 2.12. The molecule has 0 saturated carbocycles. The molecule has 2 aliphatic heterocycles. The summed E-state index contributed by atoms with van der Waals surface area (Å²) >= 11 is 0. The number of likely N-dealkylation sites (tertiary alicyclic amines) is 1. The van der Waals surface area contributed by atoms with Crippen LogP contribution in [0.25, 0.3) is 11.0 Å². The van der Waals surface area contributed by atoms with Crippen LogP contribution in [0.3, 0.4) is 0 Å². The van der Waals surface area contributed by atoms with Gasteiger partial charge < -0.3 is 4.57 Å². The third kappa shape index (κ3) is 4.17. The number of nitro groups is 1. The number of aromatic nitrogens is 2. The Morgan fingerprint density at radius 1 is 0.892 bits per heavy atom. The number of amides is 2. The van der Waals surface area contributed by atoms with Gasteiger partial charge in [0, 0.05) is 25.2 Å². The Hall–Kier alpha value is -4.37. The lowest BCUT2D eigenvalue weighted by atomic mass is 9.90. The van der Waals surface area contributed by atoms with Gasteiger partial charge in [-0.3, -0.25) is 29.5 Å². The number of carbonyl (C=O) groups is 2. The number of imide groups is 1. The van der Waals surface area contributed by atoms with Gasteiger partial charge in [-0.25, -0.2) is 4.98 Å². The fourth-order valence-corrected chi connectivity index (χ4v) is 5.41. The molecule has 0 N–H and O–H groups in total. The number of fused-ring (bicyclic) bond motifs is 2. The Kier molecular flexibility index (Phi) is 5.77. The van der Waals surface area contributed by atoms with Crippen LogP contribution >= 0.6 is 0 Å². The maximum Gasteiger partial charge on any atom is 0.270 e. The second-order valence-corrected chi connectivity index (χ2v) is 9.57. The number of hydrogen-bond acceptors (Lipinski definition) is 6. The van der Waals surface area contributed by atoms with E-state index in [0.29, 0.717) is 18.4 Å². The standard InChI is InChI=1S/C28H25N5O4/c34-27-22-11-10-21(33(36)37)16-23(22)28(35)31(27)17-26-29-24-8-4-5-9-25(24)32(26)18-30-14-12-20(13-15-30)19-6-2-1-3-7-19/h1-11,16,20H,12-15,17-18H2. The normalized spacial score (nSPS) is 16.5. The van der Waals surface area contributed by atoms with Crippen LogP contribution in [0.5, 0.6) is 0 Å². The average Bonchev–Trinajstić information content (AvgIpc) is 3.39. The third-order valence-corrected chi connectivity index (χ3v) is 7.40. The highest BCUT2D eigenvalue weighted by molar-refractivity contribution is 6.21. The Morgan fingerprint density at radius 3 is 2.35 bits per heavy atom. The van der Waals surface area contributed by atoms with Crippen LogP contribution in [0, 0.1) is 10.1 Å². The Morgan fingerprint density at radius 2 is 1.59 bits per heavy atom. The lowest BCUT2D eigenvalue weighted by Gasteiger charge is -2.33. The molecule has 3 aromatic carbocycles. The highest BCUT2D eigenvalue weighted by Gasteiger charge is 2.38. The summed E-state index contributed by atoms with van der Waals surface area (Å²) in [5.41, 5.74) is 3.14. The van der Waals surface area contributed by atoms with Crippen molar-refractivity contribution in [3.8, 4) is 0 Å². The van der Waals surface area contributed by atoms with Gasteiger partial charge in [0.25, 0.3) is 17.5 Å². The zero-order chi connectivity index (χ0) is 25.5. The second kappa shape index (κ2) is 9.25. The topological polar surface area (TPSA) is 102 Å². The summed E-state index contributed by atoms with van der Waals surface area (Å²) in [7, 11) is 0. The van der Waals surface area contributed by atoms with Crippen molar-refractivity contribution in [2.24, 2.45) is 0 Å². The molecule has 1 aromatic heterocycles. The minimum atomic E-state index is -0.568. The van der Waals surface area contributed by atoms with E-state index in [2.05, 4.69) is 33.7 Å². The van der Waals surface area contributed by atoms with Crippen LogP contribution in [0.2, 0.25) is 0 Å². The molecule has 0 bridgehead atoms. The van der Waals surface area contributed by atoms with Gasteiger partial charge >= 0.3 is 0 Å². The number of benzene rings is 3. The monoisotopic (exact) mass is 495 g/mol. The Bertz CT molecular complexity index is 1520. The largest absolute Gasteiger partial charge is 0.313 e. The fraction of sp³-hybridized carbons (Fsp3) is 0.250. The number of para-hydroxylation sites is 2. The molecule has 0 atom stereocenters. The molecule has 4 aromatic rings. The van der Waals surface area contributed by atoms with Crippen molar-refractivity contribution >= 4 is 28.5 Å². The van der Waals surface area contributed by atoms with Gasteiger partial charge in [0.05, 0.1) is 40.3 Å². The maximum absolute atomic E-state index is 13.1. The van der Waals surface area contributed by atoms with Crippen LogP contribution in [-0.2, 0) is 13.2 Å². The Labute approximate surface area is 213 Å². The number of hydrogen-bond donors (Lipinski definition) is 0. The molecule has 37 heavy (non-hydrogen) atoms. The molecule has 2 aliphatic rings. The van der Waals surface area contributed by atoms with Gasteiger partial charge in [0.1, 0.15) is 5.82 Å². The van der Waals surface area contributed by atoms with E-state index in [1.165, 1.54) is 23.8 Å². The Balaban J connectivity index is 1.25. The van der Waals surface area contributed by atoms with Gasteiger partial charge in [0.15, 0.2) is 0 Å². The number of rotatable bonds is 6. The van der Waals surface area contributed by atoms with Gasteiger partial charge in [-0.15, -0.1) is 0 Å². The fourth-order valence-electron chi connectivity index (χ4n) is 5.41. The molecule has 0 unspecified atom stereocenters. The van der Waals surface area contributed by atoms with E-state index >= 15 is 0 Å². The molecule has 0 aliphatic carbocycles. The van der Waals surface area contributed by atoms with E-state index in [-0.39, 0.29) is 23.4 Å². The number of imidazole rings is 1. The minimum absolute atomic E-state index is 0.00466. The molecule has 3 heterocycles. The molecular weight excluding hydrogens is 470 g/mol. The summed E-state index contributed by atoms with van der Waals surface area (Å²) in [6, 6.07) is 22.2. The highest BCUT2D eigenvalue weighted by Crippen LogP contribution is 2.31. The summed E-state index contributed by atoms with van der Waals surface area (Å²) in [4.78, 5) is 45.1. The van der Waals surface area contributed by atoms with Gasteiger partial charge in [-0.1, -0.05) is 42.5 Å². The smallest absolute Gasteiger partial charge is 0.270 e. The van der Waals surface area contributed by atoms with E-state index in [1.54, 1.807) is 0 Å². The molecular formula is C28H25N5O4. The molecule has 9 nitrogen and oxygen atoms in total. The summed E-state index contributed by atoms with van der Waals surface area (Å²) in [6.45, 7) is 2.46. The number of non-ortho nitro benzene ring substituents is 1. The predicted octanol–water partition coefficient (Wildman–Crippen LogP) is 4.58. The highest BCUT2D eigenvalue weighted by atomic mass is 16.6. The van der Waals surface area contributed by atoms with Crippen molar-refractivity contribution in [3.63, 3.8) is 0 Å². The molecule has 6 rings (SSSR count). The van der Waals surface area contributed by atoms with Crippen LogP contribution in [0.1, 0.15) is 50.9 Å². The first-order valence-electron chi connectivity index (χ1n) is 12.4. The van der Waals surface area contributed by atoms with Crippen molar-refractivity contribution in [1.82, 2.24) is 19.4 Å². The first-order valence-corrected chi connectivity index (χ1v) is 12.4. The zero-order valence-corrected chi connectivity index (χ0v) is 20.1. The quantitative estimate of drug-likeness (QED) is 0.221. The number of piperidine rings is 1. The number of carbonyl (C=O) groups excluding carboxylic acids is 2. The molecule has 0 radical (unpaired) electrons. The van der Waals surface area contributed by atoms with Crippen molar-refractivity contribution in [3.05, 3.63) is 105 Å². The number of nitro benzene ring substituents is 1. The molecule has 9 heteroatoms. The third-order valence-electron chi connectivity index (χ3n) is 7.40. The van der Waals surface area contributed by atoms with E-state index in [9.17, 15) is 19.7 Å². The minimum Gasteiger partial charge on any atom is -0.313 e. The molecule has 0 spiro atoms. The van der Waals surface area contributed by atoms with E-state index in [4.69, 9.17) is 4.98 Å². The van der Waals surface area contributed by atoms with Crippen LogP contribution in [0.15, 0.2) is 72.8 Å². The van der Waals surface area contributed by atoms with Crippen molar-refractivity contribution < 1.29 is 14.5 Å². The first-order chi connectivity index (χ1) is 18.0. The second-order valence-electron chi connectivity index (χ2n) is 9.57. The van der Waals surface area contributed by atoms with Crippen LogP contribution < -0.4 is 0 Å². The molecule has 2 amide bonds. The van der Waals surface area contributed by atoms with Crippen molar-refractivity contribution in [2.75, 3.05) is 13.1 Å². The number of nitrogens with zero attached hydrogens (tertiary/aromatic N) is 5. The molecule has 186 valence electrons. The van der Waals surface area contributed by atoms with E-state index in [1.807, 2.05) is 30.3 Å². The van der Waals surface area contributed by atoms with Crippen LogP contribution in [-0.4, -0.2) is 49.2 Å². The molecule has 1 saturated heterocycles. The first kappa shape index (κ1) is 23.1. The van der Waals surface area contributed by atoms with Gasteiger partial charge in [-0.2, -0.15) is 0 Å². The predicted molar refractivity (Wildman–Crippen MR) is 137 cm³/mol. The van der Waals surface area contributed by atoms with Gasteiger partial charge in [-0.05, 0) is 42.5 Å².